The van der Waals surface area contributed by atoms with Gasteiger partial charge in [-0.25, -0.2) is 4.98 Å². The zero-order valence-corrected chi connectivity index (χ0v) is 12.4. The van der Waals surface area contributed by atoms with E-state index in [1.807, 2.05) is 30.0 Å². The van der Waals surface area contributed by atoms with Gasteiger partial charge in [0.05, 0.1) is 5.75 Å². The van der Waals surface area contributed by atoms with Gasteiger partial charge in [0.15, 0.2) is 5.58 Å². The number of hydrogen-bond donors (Lipinski definition) is 1. The van der Waals surface area contributed by atoms with E-state index in [0.29, 0.717) is 0 Å². The van der Waals surface area contributed by atoms with Gasteiger partial charge in [-0.1, -0.05) is 13.8 Å². The molecule has 0 aliphatic rings. The van der Waals surface area contributed by atoms with Gasteiger partial charge < -0.3 is 15.1 Å². The zero-order valence-electron chi connectivity index (χ0n) is 11.6. The fourth-order valence-electron chi connectivity index (χ4n) is 1.95. The van der Waals surface area contributed by atoms with Crippen molar-refractivity contribution in [3.63, 3.8) is 0 Å². The average Bonchev–Trinajstić information content (AvgIpc) is 2.80. The third kappa shape index (κ3) is 3.88. The number of benzene rings is 1. The Labute approximate surface area is 118 Å². The van der Waals surface area contributed by atoms with Gasteiger partial charge >= 0.3 is 0 Å². The van der Waals surface area contributed by atoms with Crippen LogP contribution in [0.25, 0.3) is 11.1 Å². The number of aromatic nitrogens is 1. The lowest BCUT2D eigenvalue weighted by Gasteiger charge is -2.16. The molecule has 1 aromatic carbocycles. The van der Waals surface area contributed by atoms with E-state index < -0.39 is 0 Å². The molecule has 2 rings (SSSR count). The second-order valence-electron chi connectivity index (χ2n) is 4.41. The predicted molar refractivity (Wildman–Crippen MR) is 82.4 cm³/mol. The maximum Gasteiger partial charge on any atom is 0.205 e. The van der Waals surface area contributed by atoms with Crippen molar-refractivity contribution in [2.24, 2.45) is 0 Å². The molecule has 0 spiro atoms. The number of anilines is 1. The molecule has 0 saturated heterocycles. The van der Waals surface area contributed by atoms with Gasteiger partial charge in [-0.15, -0.1) is 0 Å². The molecule has 1 heterocycles. The summed E-state index contributed by atoms with van der Waals surface area (Å²) in [5, 5.41) is 0. The maximum absolute atomic E-state index is 5.73. The SMILES string of the molecule is CCN(CC)CCSCc1nc2cc(N)ccc2o1. The molecule has 0 bridgehead atoms. The molecule has 0 aliphatic heterocycles. The van der Waals surface area contributed by atoms with Gasteiger partial charge in [0, 0.05) is 18.0 Å². The molecule has 5 heteroatoms. The molecule has 0 radical (unpaired) electrons. The molecular formula is C14H21N3OS. The fourth-order valence-corrected chi connectivity index (χ4v) is 2.78. The standard InChI is InChI=1S/C14H21N3OS/c1-3-17(4-2)7-8-19-10-14-16-12-9-11(15)5-6-13(12)18-14/h5-6,9H,3-4,7-8,10,15H2,1-2H3. The Morgan fingerprint density at radius 3 is 2.84 bits per heavy atom. The number of nitrogens with two attached hydrogens (primary N) is 1. The molecule has 19 heavy (non-hydrogen) atoms. The van der Waals surface area contributed by atoms with Crippen LogP contribution in [0.2, 0.25) is 0 Å². The molecular weight excluding hydrogens is 258 g/mol. The van der Waals surface area contributed by atoms with Crippen molar-refractivity contribution in [2.75, 3.05) is 31.1 Å². The Bertz CT molecular complexity index is 522. The van der Waals surface area contributed by atoms with Crippen molar-refractivity contribution >= 4 is 28.5 Å². The van der Waals surface area contributed by atoms with Crippen LogP contribution < -0.4 is 5.73 Å². The van der Waals surface area contributed by atoms with Gasteiger partial charge in [0.2, 0.25) is 5.89 Å². The summed E-state index contributed by atoms with van der Waals surface area (Å²) in [5.74, 6) is 2.70. The minimum atomic E-state index is 0.724. The average molecular weight is 279 g/mol. The van der Waals surface area contributed by atoms with E-state index in [1.165, 1.54) is 0 Å². The van der Waals surface area contributed by atoms with Gasteiger partial charge in [-0.3, -0.25) is 0 Å². The molecule has 0 aliphatic carbocycles. The van der Waals surface area contributed by atoms with E-state index in [9.17, 15) is 0 Å². The van der Waals surface area contributed by atoms with Crippen molar-refractivity contribution in [3.05, 3.63) is 24.1 Å². The quantitative estimate of drug-likeness (QED) is 0.624. The Hall–Kier alpha value is -1.20. The summed E-state index contributed by atoms with van der Waals surface area (Å²) >= 11 is 1.86. The number of thioether (sulfide) groups is 1. The van der Waals surface area contributed by atoms with Crippen LogP contribution in [0, 0.1) is 0 Å². The van der Waals surface area contributed by atoms with Gasteiger partial charge in [0.1, 0.15) is 5.52 Å². The van der Waals surface area contributed by atoms with E-state index in [-0.39, 0.29) is 0 Å². The maximum atomic E-state index is 5.73. The van der Waals surface area contributed by atoms with Crippen LogP contribution in [0.15, 0.2) is 22.6 Å². The number of fused-ring (bicyclic) bond motifs is 1. The van der Waals surface area contributed by atoms with Crippen molar-refractivity contribution in [1.82, 2.24) is 9.88 Å². The molecule has 0 atom stereocenters. The number of nitrogen functional groups attached to an aromatic ring is 1. The molecule has 2 N–H and O–H groups in total. The summed E-state index contributed by atoms with van der Waals surface area (Å²) in [5.41, 5.74) is 8.11. The highest BCUT2D eigenvalue weighted by Crippen LogP contribution is 2.21. The largest absolute Gasteiger partial charge is 0.440 e. The summed E-state index contributed by atoms with van der Waals surface area (Å²) in [6, 6.07) is 5.56. The van der Waals surface area contributed by atoms with Crippen molar-refractivity contribution < 1.29 is 4.42 Å². The highest BCUT2D eigenvalue weighted by Gasteiger charge is 2.06. The highest BCUT2D eigenvalue weighted by molar-refractivity contribution is 7.98. The molecule has 1 aromatic heterocycles. The molecule has 4 nitrogen and oxygen atoms in total. The van der Waals surface area contributed by atoms with E-state index >= 15 is 0 Å². The highest BCUT2D eigenvalue weighted by atomic mass is 32.2. The minimum Gasteiger partial charge on any atom is -0.440 e. The topological polar surface area (TPSA) is 55.3 Å². The smallest absolute Gasteiger partial charge is 0.205 e. The van der Waals surface area contributed by atoms with Gasteiger partial charge in [-0.05, 0) is 31.3 Å². The first-order valence-corrected chi connectivity index (χ1v) is 7.83. The molecule has 0 fully saturated rings. The van der Waals surface area contributed by atoms with Crippen LogP contribution in [0.1, 0.15) is 19.7 Å². The Kier molecular flexibility index (Phi) is 5.10. The van der Waals surface area contributed by atoms with Crippen molar-refractivity contribution in [1.29, 1.82) is 0 Å². The van der Waals surface area contributed by atoms with Gasteiger partial charge in [0.25, 0.3) is 0 Å². The Morgan fingerprint density at radius 1 is 1.32 bits per heavy atom. The number of oxazole rings is 1. The van der Waals surface area contributed by atoms with Crippen LogP contribution in [-0.2, 0) is 5.75 Å². The summed E-state index contributed by atoms with van der Waals surface area (Å²) in [7, 11) is 0. The number of nitrogens with zero attached hydrogens (tertiary/aromatic N) is 2. The normalized spacial score (nSPS) is 11.5. The molecule has 0 amide bonds. The lowest BCUT2D eigenvalue weighted by atomic mass is 10.3. The van der Waals surface area contributed by atoms with Crippen LogP contribution in [0.3, 0.4) is 0 Å². The summed E-state index contributed by atoms with van der Waals surface area (Å²) in [6.45, 7) is 7.72. The molecule has 104 valence electrons. The van der Waals surface area contributed by atoms with E-state index in [4.69, 9.17) is 10.2 Å². The molecule has 2 aromatic rings. The molecule has 0 saturated carbocycles. The first-order chi connectivity index (χ1) is 9.22. The monoisotopic (exact) mass is 279 g/mol. The van der Waals surface area contributed by atoms with Crippen molar-refractivity contribution in [3.8, 4) is 0 Å². The third-order valence-electron chi connectivity index (χ3n) is 3.13. The van der Waals surface area contributed by atoms with Crippen LogP contribution in [0.4, 0.5) is 5.69 Å². The van der Waals surface area contributed by atoms with E-state index in [2.05, 4.69) is 23.7 Å². The minimum absolute atomic E-state index is 0.724. The third-order valence-corrected chi connectivity index (χ3v) is 4.05. The number of hydrogen-bond acceptors (Lipinski definition) is 5. The summed E-state index contributed by atoms with van der Waals surface area (Å²) in [4.78, 5) is 6.87. The van der Waals surface area contributed by atoms with E-state index in [0.717, 1.165) is 53.8 Å². The fraction of sp³-hybridized carbons (Fsp3) is 0.500. The Morgan fingerprint density at radius 2 is 2.11 bits per heavy atom. The van der Waals surface area contributed by atoms with Crippen molar-refractivity contribution in [2.45, 2.75) is 19.6 Å². The lowest BCUT2D eigenvalue weighted by Crippen LogP contribution is -2.25. The van der Waals surface area contributed by atoms with Crippen LogP contribution >= 0.6 is 11.8 Å². The van der Waals surface area contributed by atoms with Gasteiger partial charge in [-0.2, -0.15) is 11.8 Å². The predicted octanol–water partition coefficient (Wildman–Crippen LogP) is 2.99. The second-order valence-corrected chi connectivity index (χ2v) is 5.52. The van der Waals surface area contributed by atoms with Crippen LogP contribution in [0.5, 0.6) is 0 Å². The Balaban J connectivity index is 1.84. The first kappa shape index (κ1) is 14.2. The first-order valence-electron chi connectivity index (χ1n) is 6.68. The lowest BCUT2D eigenvalue weighted by molar-refractivity contribution is 0.324. The molecule has 0 unspecified atom stereocenters. The summed E-state index contributed by atoms with van der Waals surface area (Å²) in [6.07, 6.45) is 0. The number of rotatable bonds is 7. The zero-order chi connectivity index (χ0) is 13.7. The van der Waals surface area contributed by atoms with Crippen LogP contribution in [-0.4, -0.2) is 35.3 Å². The second kappa shape index (κ2) is 6.82. The summed E-state index contributed by atoms with van der Waals surface area (Å²) < 4.78 is 5.68. The van der Waals surface area contributed by atoms with E-state index in [1.54, 1.807) is 0 Å².